The maximum atomic E-state index is 5.47. The Hall–Kier alpha value is -1.71. The third kappa shape index (κ3) is 3.89. The number of nitrogens with zero attached hydrogens (tertiary/aromatic N) is 1. The molecule has 0 atom stereocenters. The molecular formula is C11H17N3O. The molecule has 1 rings (SSSR count). The van der Waals surface area contributed by atoms with E-state index in [4.69, 9.17) is 16.2 Å². The minimum absolute atomic E-state index is 0.0960. The number of benzene rings is 1. The zero-order valence-electron chi connectivity index (χ0n) is 9.16. The first kappa shape index (κ1) is 11.4. The van der Waals surface area contributed by atoms with Crippen LogP contribution in [0, 0.1) is 13.8 Å². The number of guanidine groups is 1. The van der Waals surface area contributed by atoms with Crippen LogP contribution < -0.4 is 16.2 Å². The molecule has 0 amide bonds. The Morgan fingerprint density at radius 1 is 1.27 bits per heavy atom. The molecule has 0 spiro atoms. The van der Waals surface area contributed by atoms with Gasteiger partial charge in [0.05, 0.1) is 6.54 Å². The van der Waals surface area contributed by atoms with Crippen LogP contribution in [0.4, 0.5) is 0 Å². The molecule has 1 aromatic carbocycles. The molecule has 0 unspecified atom stereocenters. The third-order valence-corrected chi connectivity index (χ3v) is 2.13. The molecule has 0 aliphatic carbocycles. The van der Waals surface area contributed by atoms with Crippen LogP contribution in [-0.2, 0) is 0 Å². The highest BCUT2D eigenvalue weighted by molar-refractivity contribution is 5.75. The highest BCUT2D eigenvalue weighted by atomic mass is 16.5. The van der Waals surface area contributed by atoms with Gasteiger partial charge in [-0.15, -0.1) is 0 Å². The molecule has 4 nitrogen and oxygen atoms in total. The maximum Gasteiger partial charge on any atom is 0.186 e. The van der Waals surface area contributed by atoms with Crippen molar-refractivity contribution in [3.8, 4) is 5.75 Å². The first-order valence-corrected chi connectivity index (χ1v) is 4.85. The largest absolute Gasteiger partial charge is 0.492 e. The molecule has 0 saturated carbocycles. The van der Waals surface area contributed by atoms with Crippen molar-refractivity contribution in [1.29, 1.82) is 0 Å². The van der Waals surface area contributed by atoms with Crippen LogP contribution in [0.2, 0.25) is 0 Å². The number of hydrogen-bond acceptors (Lipinski definition) is 2. The molecule has 1 aromatic rings. The van der Waals surface area contributed by atoms with Crippen LogP contribution in [0.25, 0.3) is 0 Å². The first-order chi connectivity index (χ1) is 7.09. The molecule has 0 fully saturated rings. The van der Waals surface area contributed by atoms with Gasteiger partial charge in [-0.25, -0.2) is 0 Å². The predicted octanol–water partition coefficient (Wildman–Crippen LogP) is 0.956. The molecule has 0 saturated heterocycles. The lowest BCUT2D eigenvalue weighted by molar-refractivity contribution is 0.328. The smallest absolute Gasteiger partial charge is 0.186 e. The summed E-state index contributed by atoms with van der Waals surface area (Å²) in [4.78, 5) is 3.83. The summed E-state index contributed by atoms with van der Waals surface area (Å²) in [5.41, 5.74) is 12.8. The lowest BCUT2D eigenvalue weighted by Crippen LogP contribution is -2.23. The number of aliphatic imine (C=N–C) groups is 1. The summed E-state index contributed by atoms with van der Waals surface area (Å²) in [6, 6.07) is 5.98. The van der Waals surface area contributed by atoms with E-state index in [2.05, 4.69) is 18.8 Å². The van der Waals surface area contributed by atoms with E-state index in [1.807, 2.05) is 18.2 Å². The lowest BCUT2D eigenvalue weighted by atomic mass is 10.1. The molecule has 0 aliphatic heterocycles. The van der Waals surface area contributed by atoms with E-state index in [1.54, 1.807) is 0 Å². The Balaban J connectivity index is 2.44. The molecule has 0 aromatic heterocycles. The normalized spacial score (nSPS) is 9.73. The van der Waals surface area contributed by atoms with Gasteiger partial charge >= 0.3 is 0 Å². The number of rotatable bonds is 4. The fourth-order valence-corrected chi connectivity index (χ4v) is 1.14. The zero-order chi connectivity index (χ0) is 11.3. The zero-order valence-corrected chi connectivity index (χ0v) is 9.16. The molecule has 82 valence electrons. The average Bonchev–Trinajstić information content (AvgIpc) is 2.18. The Kier molecular flexibility index (Phi) is 3.97. The van der Waals surface area contributed by atoms with E-state index < -0.39 is 0 Å². The standard InChI is InChI=1S/C11H17N3O/c1-8-3-4-10(7-9(8)2)15-6-5-14-11(12)13/h3-4,7H,5-6H2,1-2H3,(H4,12,13,14). The van der Waals surface area contributed by atoms with Gasteiger partial charge in [0.1, 0.15) is 12.4 Å². The fourth-order valence-electron chi connectivity index (χ4n) is 1.14. The second-order valence-electron chi connectivity index (χ2n) is 3.40. The SMILES string of the molecule is Cc1ccc(OCCN=C(N)N)cc1C. The summed E-state index contributed by atoms with van der Waals surface area (Å²) in [5, 5.41) is 0. The van der Waals surface area contributed by atoms with E-state index in [9.17, 15) is 0 Å². The molecule has 0 aliphatic rings. The topological polar surface area (TPSA) is 73.6 Å². The highest BCUT2D eigenvalue weighted by Crippen LogP contribution is 2.15. The van der Waals surface area contributed by atoms with Gasteiger partial charge in [0.15, 0.2) is 5.96 Å². The van der Waals surface area contributed by atoms with Gasteiger partial charge in [-0.1, -0.05) is 6.07 Å². The summed E-state index contributed by atoms with van der Waals surface area (Å²) < 4.78 is 5.47. The van der Waals surface area contributed by atoms with Gasteiger partial charge in [0.25, 0.3) is 0 Å². The summed E-state index contributed by atoms with van der Waals surface area (Å²) in [7, 11) is 0. The van der Waals surface area contributed by atoms with Crippen molar-refractivity contribution in [2.75, 3.05) is 13.2 Å². The second-order valence-corrected chi connectivity index (χ2v) is 3.40. The molecule has 4 N–H and O–H groups in total. The number of aryl methyl sites for hydroxylation is 2. The monoisotopic (exact) mass is 207 g/mol. The van der Waals surface area contributed by atoms with Crippen LogP contribution in [0.3, 0.4) is 0 Å². The maximum absolute atomic E-state index is 5.47. The molecule has 0 radical (unpaired) electrons. The van der Waals surface area contributed by atoms with Crippen molar-refractivity contribution in [3.05, 3.63) is 29.3 Å². The Labute approximate surface area is 89.9 Å². The van der Waals surface area contributed by atoms with E-state index in [0.29, 0.717) is 13.2 Å². The van der Waals surface area contributed by atoms with Crippen molar-refractivity contribution < 1.29 is 4.74 Å². The van der Waals surface area contributed by atoms with E-state index in [-0.39, 0.29) is 5.96 Å². The highest BCUT2D eigenvalue weighted by Gasteiger charge is 1.96. The van der Waals surface area contributed by atoms with E-state index in [1.165, 1.54) is 11.1 Å². The first-order valence-electron chi connectivity index (χ1n) is 4.85. The van der Waals surface area contributed by atoms with Crippen molar-refractivity contribution in [3.63, 3.8) is 0 Å². The average molecular weight is 207 g/mol. The Bertz CT molecular complexity index is 357. The van der Waals surface area contributed by atoms with Gasteiger partial charge in [0, 0.05) is 0 Å². The summed E-state index contributed by atoms with van der Waals surface area (Å²) in [5.74, 6) is 0.947. The van der Waals surface area contributed by atoms with Gasteiger partial charge in [-0.2, -0.15) is 0 Å². The van der Waals surface area contributed by atoms with Crippen LogP contribution in [0.15, 0.2) is 23.2 Å². The van der Waals surface area contributed by atoms with Crippen LogP contribution >= 0.6 is 0 Å². The number of nitrogens with two attached hydrogens (primary N) is 2. The van der Waals surface area contributed by atoms with Gasteiger partial charge in [-0.05, 0) is 37.1 Å². The van der Waals surface area contributed by atoms with Crippen molar-refractivity contribution in [1.82, 2.24) is 0 Å². The Morgan fingerprint density at radius 2 is 2.00 bits per heavy atom. The number of hydrogen-bond donors (Lipinski definition) is 2. The quantitative estimate of drug-likeness (QED) is 0.438. The second kappa shape index (κ2) is 5.24. The molecule has 0 bridgehead atoms. The summed E-state index contributed by atoms with van der Waals surface area (Å²) in [6.07, 6.45) is 0. The minimum Gasteiger partial charge on any atom is -0.492 e. The van der Waals surface area contributed by atoms with Crippen LogP contribution in [0.5, 0.6) is 5.75 Å². The molecule has 15 heavy (non-hydrogen) atoms. The summed E-state index contributed by atoms with van der Waals surface area (Å²) >= 11 is 0. The molecular weight excluding hydrogens is 190 g/mol. The molecule has 4 heteroatoms. The third-order valence-electron chi connectivity index (χ3n) is 2.13. The van der Waals surface area contributed by atoms with Crippen LogP contribution in [0.1, 0.15) is 11.1 Å². The van der Waals surface area contributed by atoms with Crippen molar-refractivity contribution >= 4 is 5.96 Å². The van der Waals surface area contributed by atoms with Crippen molar-refractivity contribution in [2.45, 2.75) is 13.8 Å². The van der Waals surface area contributed by atoms with Crippen molar-refractivity contribution in [2.24, 2.45) is 16.5 Å². The lowest BCUT2D eigenvalue weighted by Gasteiger charge is -2.06. The minimum atomic E-state index is 0.0960. The van der Waals surface area contributed by atoms with Gasteiger partial charge in [0.2, 0.25) is 0 Å². The number of ether oxygens (including phenoxy) is 1. The fraction of sp³-hybridized carbons (Fsp3) is 0.364. The predicted molar refractivity (Wildman–Crippen MR) is 62.1 cm³/mol. The van der Waals surface area contributed by atoms with Gasteiger partial charge < -0.3 is 16.2 Å². The van der Waals surface area contributed by atoms with E-state index in [0.717, 1.165) is 5.75 Å². The molecule has 0 heterocycles. The summed E-state index contributed by atoms with van der Waals surface area (Å²) in [6.45, 7) is 5.09. The van der Waals surface area contributed by atoms with E-state index >= 15 is 0 Å². The van der Waals surface area contributed by atoms with Crippen LogP contribution in [-0.4, -0.2) is 19.1 Å². The van der Waals surface area contributed by atoms with Gasteiger partial charge in [-0.3, -0.25) is 4.99 Å². The Morgan fingerprint density at radius 3 is 2.60 bits per heavy atom.